The quantitative estimate of drug-likeness (QED) is 0.790. The van der Waals surface area contributed by atoms with E-state index < -0.39 is 0 Å². The van der Waals surface area contributed by atoms with E-state index in [-0.39, 0.29) is 11.1 Å². The fraction of sp³-hybridized carbons (Fsp3) is 0.222. The third kappa shape index (κ3) is 3.10. The van der Waals surface area contributed by atoms with E-state index in [0.29, 0.717) is 11.4 Å². The van der Waals surface area contributed by atoms with Gasteiger partial charge in [0, 0.05) is 24.1 Å². The third-order valence-electron chi connectivity index (χ3n) is 3.66. The molecule has 3 rings (SSSR count). The van der Waals surface area contributed by atoms with Crippen molar-refractivity contribution in [3.05, 3.63) is 58.8 Å². The Hall–Kier alpha value is -2.27. The Morgan fingerprint density at radius 1 is 1.17 bits per heavy atom. The van der Waals surface area contributed by atoms with Gasteiger partial charge in [0.05, 0.1) is 4.91 Å². The molecule has 0 saturated carbocycles. The number of rotatable bonds is 4. The standard InChI is InChI=1S/C18H18N2O2S/c1-3-9-20-17(21)16(23-18(20)22)12-15-8-5-10-19(15)14-7-4-6-13(2)11-14/h4-8,10-12H,3,9H2,1-2H3/b16-12+. The average Bonchev–Trinajstić information content (AvgIpc) is 3.08. The number of benzene rings is 1. The van der Waals surface area contributed by atoms with Crippen molar-refractivity contribution in [2.75, 3.05) is 6.54 Å². The lowest BCUT2D eigenvalue weighted by atomic mass is 10.2. The van der Waals surface area contributed by atoms with E-state index in [0.717, 1.165) is 29.6 Å². The second-order valence-electron chi connectivity index (χ2n) is 5.48. The van der Waals surface area contributed by atoms with Gasteiger partial charge in [-0.1, -0.05) is 19.1 Å². The molecule has 2 amide bonds. The van der Waals surface area contributed by atoms with Gasteiger partial charge < -0.3 is 4.57 Å². The summed E-state index contributed by atoms with van der Waals surface area (Å²) in [5.74, 6) is -0.196. The molecule has 1 aromatic carbocycles. The van der Waals surface area contributed by atoms with E-state index in [1.165, 1.54) is 10.5 Å². The Bertz CT molecular complexity index is 792. The van der Waals surface area contributed by atoms with Gasteiger partial charge in [0.1, 0.15) is 0 Å². The van der Waals surface area contributed by atoms with Gasteiger partial charge in [-0.25, -0.2) is 0 Å². The molecular weight excluding hydrogens is 308 g/mol. The second-order valence-corrected chi connectivity index (χ2v) is 6.47. The van der Waals surface area contributed by atoms with Crippen LogP contribution in [-0.4, -0.2) is 27.2 Å². The lowest BCUT2D eigenvalue weighted by Crippen LogP contribution is -2.28. The molecule has 0 atom stereocenters. The van der Waals surface area contributed by atoms with E-state index in [2.05, 4.69) is 6.07 Å². The topological polar surface area (TPSA) is 42.3 Å². The smallest absolute Gasteiger partial charge is 0.293 e. The molecule has 1 saturated heterocycles. The highest BCUT2D eigenvalue weighted by atomic mass is 32.2. The number of hydrogen-bond acceptors (Lipinski definition) is 3. The first-order chi connectivity index (χ1) is 11.1. The predicted octanol–water partition coefficient (Wildman–Crippen LogP) is 4.23. The number of aromatic nitrogens is 1. The molecule has 4 nitrogen and oxygen atoms in total. The van der Waals surface area contributed by atoms with Crippen LogP contribution in [0, 0.1) is 6.92 Å². The summed E-state index contributed by atoms with van der Waals surface area (Å²) in [6.45, 7) is 4.47. The van der Waals surface area contributed by atoms with E-state index in [9.17, 15) is 9.59 Å². The van der Waals surface area contributed by atoms with Gasteiger partial charge in [0.15, 0.2) is 0 Å². The summed E-state index contributed by atoms with van der Waals surface area (Å²) in [7, 11) is 0. The lowest BCUT2D eigenvalue weighted by Gasteiger charge is -2.10. The van der Waals surface area contributed by atoms with Crippen LogP contribution in [0.4, 0.5) is 4.79 Å². The highest BCUT2D eigenvalue weighted by Gasteiger charge is 2.34. The van der Waals surface area contributed by atoms with Gasteiger partial charge in [0.2, 0.25) is 0 Å². The summed E-state index contributed by atoms with van der Waals surface area (Å²) in [6, 6.07) is 12.0. The highest BCUT2D eigenvalue weighted by Crippen LogP contribution is 2.32. The number of thioether (sulfide) groups is 1. The van der Waals surface area contributed by atoms with Crippen LogP contribution in [0.15, 0.2) is 47.5 Å². The summed E-state index contributed by atoms with van der Waals surface area (Å²) in [5.41, 5.74) is 3.09. The summed E-state index contributed by atoms with van der Waals surface area (Å²) in [4.78, 5) is 26.1. The fourth-order valence-electron chi connectivity index (χ4n) is 2.58. The number of aryl methyl sites for hydroxylation is 1. The molecule has 118 valence electrons. The molecule has 23 heavy (non-hydrogen) atoms. The van der Waals surface area contributed by atoms with Crippen molar-refractivity contribution in [1.29, 1.82) is 0 Å². The zero-order valence-electron chi connectivity index (χ0n) is 13.2. The fourth-order valence-corrected chi connectivity index (χ4v) is 3.43. The van der Waals surface area contributed by atoms with Crippen LogP contribution in [0.1, 0.15) is 24.6 Å². The van der Waals surface area contributed by atoms with E-state index in [1.54, 1.807) is 6.08 Å². The maximum absolute atomic E-state index is 12.3. The molecule has 2 aromatic rings. The summed E-state index contributed by atoms with van der Waals surface area (Å²) in [6.07, 6.45) is 4.52. The van der Waals surface area contributed by atoms with Crippen molar-refractivity contribution in [2.45, 2.75) is 20.3 Å². The molecule has 2 heterocycles. The number of hydrogen-bond donors (Lipinski definition) is 0. The van der Waals surface area contributed by atoms with E-state index in [4.69, 9.17) is 0 Å². The molecular formula is C18H18N2O2S. The molecule has 0 unspecified atom stereocenters. The lowest BCUT2D eigenvalue weighted by molar-refractivity contribution is -0.122. The van der Waals surface area contributed by atoms with Crippen LogP contribution in [0.2, 0.25) is 0 Å². The zero-order chi connectivity index (χ0) is 16.4. The molecule has 5 heteroatoms. The first-order valence-corrected chi connectivity index (χ1v) is 8.41. The van der Waals surface area contributed by atoms with Crippen molar-refractivity contribution >= 4 is 29.0 Å². The first kappa shape index (κ1) is 15.6. The Balaban J connectivity index is 1.94. The summed E-state index contributed by atoms with van der Waals surface area (Å²) in [5, 5.41) is -0.184. The molecule has 0 aliphatic carbocycles. The number of amides is 2. The maximum Gasteiger partial charge on any atom is 0.293 e. The van der Waals surface area contributed by atoms with Crippen molar-refractivity contribution in [3.63, 3.8) is 0 Å². The number of imide groups is 1. The van der Waals surface area contributed by atoms with Crippen molar-refractivity contribution < 1.29 is 9.59 Å². The van der Waals surface area contributed by atoms with E-state index >= 15 is 0 Å². The van der Waals surface area contributed by atoms with Crippen LogP contribution < -0.4 is 0 Å². The number of carbonyl (C=O) groups is 2. The Morgan fingerprint density at radius 3 is 2.74 bits per heavy atom. The van der Waals surface area contributed by atoms with Crippen LogP contribution in [0.3, 0.4) is 0 Å². The van der Waals surface area contributed by atoms with Crippen LogP contribution in [-0.2, 0) is 4.79 Å². The molecule has 0 bridgehead atoms. The van der Waals surface area contributed by atoms with Gasteiger partial charge in [-0.05, 0) is 61.0 Å². The van der Waals surface area contributed by atoms with Crippen molar-refractivity contribution in [1.82, 2.24) is 9.47 Å². The molecule has 1 aliphatic rings. The van der Waals surface area contributed by atoms with Crippen molar-refractivity contribution in [3.8, 4) is 5.69 Å². The highest BCUT2D eigenvalue weighted by molar-refractivity contribution is 8.18. The van der Waals surface area contributed by atoms with Crippen LogP contribution >= 0.6 is 11.8 Å². The monoisotopic (exact) mass is 326 g/mol. The maximum atomic E-state index is 12.3. The summed E-state index contributed by atoms with van der Waals surface area (Å²) >= 11 is 1.01. The largest absolute Gasteiger partial charge is 0.317 e. The van der Waals surface area contributed by atoms with Gasteiger partial charge in [-0.15, -0.1) is 0 Å². The molecule has 1 aliphatic heterocycles. The van der Waals surface area contributed by atoms with E-state index in [1.807, 2.05) is 54.9 Å². The Kier molecular flexibility index (Phi) is 4.39. The molecule has 0 N–H and O–H groups in total. The van der Waals surface area contributed by atoms with Crippen molar-refractivity contribution in [2.24, 2.45) is 0 Å². The van der Waals surface area contributed by atoms with Gasteiger partial charge >= 0.3 is 0 Å². The van der Waals surface area contributed by atoms with Gasteiger partial charge in [-0.3, -0.25) is 14.5 Å². The number of carbonyl (C=O) groups excluding carboxylic acids is 2. The molecule has 1 aromatic heterocycles. The third-order valence-corrected chi connectivity index (χ3v) is 4.57. The molecule has 0 spiro atoms. The SMILES string of the molecule is CCCN1C(=O)S/C(=C/c2cccn2-c2cccc(C)c2)C1=O. The van der Waals surface area contributed by atoms with Gasteiger partial charge in [-0.2, -0.15) is 0 Å². The van der Waals surface area contributed by atoms with Crippen LogP contribution in [0.5, 0.6) is 0 Å². The Morgan fingerprint density at radius 2 is 2.00 bits per heavy atom. The minimum absolute atomic E-state index is 0.184. The summed E-state index contributed by atoms with van der Waals surface area (Å²) < 4.78 is 2.01. The predicted molar refractivity (Wildman–Crippen MR) is 93.5 cm³/mol. The molecule has 0 radical (unpaired) electrons. The minimum Gasteiger partial charge on any atom is -0.317 e. The number of nitrogens with zero attached hydrogens (tertiary/aromatic N) is 2. The molecule has 1 fully saturated rings. The first-order valence-electron chi connectivity index (χ1n) is 7.60. The zero-order valence-corrected chi connectivity index (χ0v) is 14.0. The van der Waals surface area contributed by atoms with Crippen LogP contribution in [0.25, 0.3) is 11.8 Å². The average molecular weight is 326 g/mol. The van der Waals surface area contributed by atoms with Gasteiger partial charge in [0.25, 0.3) is 11.1 Å². The Labute approximate surface area is 139 Å². The second kappa shape index (κ2) is 6.46. The minimum atomic E-state index is -0.196. The normalized spacial score (nSPS) is 16.6.